The van der Waals surface area contributed by atoms with E-state index in [9.17, 15) is 14.7 Å². The van der Waals surface area contributed by atoms with Gasteiger partial charge in [-0.1, -0.05) is 29.8 Å². The molecule has 1 N–H and O–H groups in total. The third-order valence-electron chi connectivity index (χ3n) is 3.86. The number of phenols is 1. The fourth-order valence-electron chi connectivity index (χ4n) is 2.52. The van der Waals surface area contributed by atoms with Crippen molar-refractivity contribution in [2.75, 3.05) is 7.11 Å². The maximum absolute atomic E-state index is 12.6. The van der Waals surface area contributed by atoms with Crippen LogP contribution in [0.1, 0.15) is 22.8 Å². The molecule has 0 saturated carbocycles. The summed E-state index contributed by atoms with van der Waals surface area (Å²) in [6.45, 7) is 1.64. The first kappa shape index (κ1) is 17.7. The Hall–Kier alpha value is -3.12. The first-order valence-electron chi connectivity index (χ1n) is 7.70. The zero-order valence-electron chi connectivity index (χ0n) is 14.1. The van der Waals surface area contributed by atoms with Crippen LogP contribution < -0.4 is 4.74 Å². The zero-order valence-corrected chi connectivity index (χ0v) is 14.8. The van der Waals surface area contributed by atoms with E-state index in [1.807, 2.05) is 0 Å². The first-order chi connectivity index (χ1) is 12.4. The Labute approximate surface area is 155 Å². The van der Waals surface area contributed by atoms with Gasteiger partial charge in [0, 0.05) is 5.56 Å². The molecular weight excluding hydrogens is 356 g/mol. The van der Waals surface area contributed by atoms with Crippen molar-refractivity contribution in [1.82, 2.24) is 5.01 Å². The summed E-state index contributed by atoms with van der Waals surface area (Å²) < 4.78 is 5.06. The Kier molecular flexibility index (Phi) is 4.77. The van der Waals surface area contributed by atoms with Crippen molar-refractivity contribution in [2.45, 2.75) is 6.92 Å². The SMILES string of the molecule is COc1cc(/C=C2/C(=O)N(C(=O)c3ccccc3)N=C2C)cc(Cl)c1O. The summed E-state index contributed by atoms with van der Waals surface area (Å²) in [6, 6.07) is 11.5. The molecule has 0 atom stereocenters. The number of aromatic hydroxyl groups is 1. The van der Waals surface area contributed by atoms with Gasteiger partial charge < -0.3 is 9.84 Å². The number of ether oxygens (including phenoxy) is 1. The Balaban J connectivity index is 1.95. The van der Waals surface area contributed by atoms with E-state index < -0.39 is 11.8 Å². The van der Waals surface area contributed by atoms with E-state index in [-0.39, 0.29) is 22.1 Å². The van der Waals surface area contributed by atoms with Gasteiger partial charge in [0.1, 0.15) is 0 Å². The molecule has 2 aromatic carbocycles. The number of phenolic OH excluding ortho intramolecular Hbond substituents is 1. The zero-order chi connectivity index (χ0) is 18.8. The highest BCUT2D eigenvalue weighted by Crippen LogP contribution is 2.36. The molecule has 0 radical (unpaired) electrons. The van der Waals surface area contributed by atoms with Gasteiger partial charge in [0.15, 0.2) is 11.5 Å². The van der Waals surface area contributed by atoms with E-state index in [0.29, 0.717) is 16.8 Å². The van der Waals surface area contributed by atoms with Crippen LogP contribution in [0.15, 0.2) is 53.1 Å². The first-order valence-corrected chi connectivity index (χ1v) is 8.07. The number of benzene rings is 2. The van der Waals surface area contributed by atoms with E-state index >= 15 is 0 Å². The summed E-state index contributed by atoms with van der Waals surface area (Å²) in [5.74, 6) is -1.03. The van der Waals surface area contributed by atoms with Gasteiger partial charge in [0.25, 0.3) is 11.8 Å². The van der Waals surface area contributed by atoms with Crippen LogP contribution in [-0.4, -0.2) is 34.8 Å². The average Bonchev–Trinajstić information content (AvgIpc) is 2.92. The molecule has 2 amide bonds. The lowest BCUT2D eigenvalue weighted by molar-refractivity contribution is -0.123. The lowest BCUT2D eigenvalue weighted by Gasteiger charge is -2.10. The molecule has 1 heterocycles. The normalized spacial score (nSPS) is 15.3. The number of hydrogen-bond acceptors (Lipinski definition) is 5. The molecule has 0 aliphatic carbocycles. The molecule has 6 nitrogen and oxygen atoms in total. The highest BCUT2D eigenvalue weighted by atomic mass is 35.5. The van der Waals surface area contributed by atoms with E-state index in [1.165, 1.54) is 19.2 Å². The Morgan fingerprint density at radius 1 is 1.27 bits per heavy atom. The minimum absolute atomic E-state index is 0.0912. The number of imide groups is 1. The lowest BCUT2D eigenvalue weighted by atomic mass is 10.1. The average molecular weight is 371 g/mol. The molecule has 1 aliphatic rings. The smallest absolute Gasteiger partial charge is 0.283 e. The van der Waals surface area contributed by atoms with Gasteiger partial charge in [0.05, 0.1) is 23.4 Å². The monoisotopic (exact) mass is 370 g/mol. The molecule has 3 rings (SSSR count). The second-order valence-corrected chi connectivity index (χ2v) is 5.99. The maximum Gasteiger partial charge on any atom is 0.283 e. The Morgan fingerprint density at radius 3 is 2.62 bits per heavy atom. The van der Waals surface area contributed by atoms with Crippen molar-refractivity contribution in [3.63, 3.8) is 0 Å². The van der Waals surface area contributed by atoms with E-state index in [1.54, 1.807) is 43.3 Å². The molecule has 0 spiro atoms. The van der Waals surface area contributed by atoms with Gasteiger partial charge in [-0.05, 0) is 42.8 Å². The van der Waals surface area contributed by atoms with Crippen LogP contribution in [-0.2, 0) is 4.79 Å². The van der Waals surface area contributed by atoms with Crippen LogP contribution in [0.4, 0.5) is 0 Å². The predicted octanol–water partition coefficient (Wildman–Crippen LogP) is 3.50. The number of halogens is 1. The number of nitrogens with zero attached hydrogens (tertiary/aromatic N) is 2. The second kappa shape index (κ2) is 7.01. The van der Waals surface area contributed by atoms with Crippen molar-refractivity contribution in [3.05, 3.63) is 64.2 Å². The number of hydrogen-bond donors (Lipinski definition) is 1. The fourth-order valence-corrected chi connectivity index (χ4v) is 2.74. The van der Waals surface area contributed by atoms with Crippen LogP contribution in [0.2, 0.25) is 5.02 Å². The number of hydrazone groups is 1. The van der Waals surface area contributed by atoms with Gasteiger partial charge >= 0.3 is 0 Å². The lowest BCUT2D eigenvalue weighted by Crippen LogP contribution is -2.29. The molecule has 0 saturated heterocycles. The summed E-state index contributed by atoms with van der Waals surface area (Å²) in [6.07, 6.45) is 1.55. The van der Waals surface area contributed by atoms with Crippen molar-refractivity contribution in [3.8, 4) is 11.5 Å². The van der Waals surface area contributed by atoms with Crippen LogP contribution in [0, 0.1) is 0 Å². The topological polar surface area (TPSA) is 79.2 Å². The predicted molar refractivity (Wildman–Crippen MR) is 98.4 cm³/mol. The highest BCUT2D eigenvalue weighted by Gasteiger charge is 2.33. The number of methoxy groups -OCH3 is 1. The third-order valence-corrected chi connectivity index (χ3v) is 4.15. The number of carbonyl (C=O) groups excluding carboxylic acids is 2. The molecule has 0 fully saturated rings. The molecule has 2 aromatic rings. The molecule has 26 heavy (non-hydrogen) atoms. The van der Waals surface area contributed by atoms with Gasteiger partial charge in [0.2, 0.25) is 0 Å². The van der Waals surface area contributed by atoms with Crippen molar-refractivity contribution in [1.29, 1.82) is 0 Å². The summed E-state index contributed by atoms with van der Waals surface area (Å²) in [7, 11) is 1.40. The minimum atomic E-state index is -0.528. The van der Waals surface area contributed by atoms with Crippen molar-refractivity contribution >= 4 is 35.2 Å². The molecule has 0 unspecified atom stereocenters. The summed E-state index contributed by atoms with van der Waals surface area (Å²) >= 11 is 5.98. The summed E-state index contributed by atoms with van der Waals surface area (Å²) in [5.41, 5.74) is 1.57. The molecule has 0 bridgehead atoms. The highest BCUT2D eigenvalue weighted by molar-refractivity contribution is 6.33. The fraction of sp³-hybridized carbons (Fsp3) is 0.105. The quantitative estimate of drug-likeness (QED) is 0.662. The Morgan fingerprint density at radius 2 is 1.96 bits per heavy atom. The standard InChI is InChI=1S/C19H15ClN2O4/c1-11-14(8-12-9-15(20)17(23)16(10-12)26-2)19(25)22(21-11)18(24)13-6-4-3-5-7-13/h3-10,23H,1-2H3/b14-8+. The number of rotatable bonds is 3. The summed E-state index contributed by atoms with van der Waals surface area (Å²) in [4.78, 5) is 25.1. The molecular formula is C19H15ClN2O4. The number of carbonyl (C=O) groups is 2. The Bertz CT molecular complexity index is 952. The third kappa shape index (κ3) is 3.19. The second-order valence-electron chi connectivity index (χ2n) is 5.59. The molecule has 0 aromatic heterocycles. The van der Waals surface area contributed by atoms with Crippen LogP contribution in [0.25, 0.3) is 6.08 Å². The maximum atomic E-state index is 12.6. The van der Waals surface area contributed by atoms with Gasteiger partial charge in [-0.25, -0.2) is 0 Å². The largest absolute Gasteiger partial charge is 0.503 e. The van der Waals surface area contributed by atoms with Gasteiger partial charge in [-0.2, -0.15) is 10.1 Å². The van der Waals surface area contributed by atoms with Crippen LogP contribution in [0.5, 0.6) is 11.5 Å². The summed E-state index contributed by atoms with van der Waals surface area (Å²) in [5, 5.41) is 14.8. The molecule has 132 valence electrons. The van der Waals surface area contributed by atoms with Crippen molar-refractivity contribution < 1.29 is 19.4 Å². The van der Waals surface area contributed by atoms with Crippen LogP contribution in [0.3, 0.4) is 0 Å². The molecule has 1 aliphatic heterocycles. The molecule has 7 heteroatoms. The van der Waals surface area contributed by atoms with E-state index in [4.69, 9.17) is 16.3 Å². The van der Waals surface area contributed by atoms with Crippen molar-refractivity contribution in [2.24, 2.45) is 5.10 Å². The van der Waals surface area contributed by atoms with Gasteiger partial charge in [-0.3, -0.25) is 9.59 Å². The number of amides is 2. The minimum Gasteiger partial charge on any atom is -0.503 e. The van der Waals surface area contributed by atoms with E-state index in [2.05, 4.69) is 5.10 Å². The van der Waals surface area contributed by atoms with Gasteiger partial charge in [-0.15, -0.1) is 0 Å². The van der Waals surface area contributed by atoms with Crippen LogP contribution >= 0.6 is 11.6 Å². The van der Waals surface area contributed by atoms with E-state index in [0.717, 1.165) is 5.01 Å².